The number of aromatic amines is 1. The molecule has 0 amide bonds. The van der Waals surface area contributed by atoms with Crippen LogP contribution in [0.2, 0.25) is 0 Å². The van der Waals surface area contributed by atoms with E-state index >= 15 is 0 Å². The molecule has 0 spiro atoms. The van der Waals surface area contributed by atoms with Crippen molar-refractivity contribution in [2.24, 2.45) is 10.2 Å². The van der Waals surface area contributed by atoms with Gasteiger partial charge in [0.05, 0.1) is 11.7 Å². The molecule has 0 aliphatic heterocycles. The van der Waals surface area contributed by atoms with Gasteiger partial charge in [0.1, 0.15) is 5.69 Å². The molecule has 5 nitrogen and oxygen atoms in total. The van der Waals surface area contributed by atoms with Crippen LogP contribution in [0.3, 0.4) is 0 Å². The summed E-state index contributed by atoms with van der Waals surface area (Å²) in [6.45, 7) is 2.09. The molecule has 2 heterocycles. The van der Waals surface area contributed by atoms with Crippen molar-refractivity contribution in [2.75, 3.05) is 0 Å². The zero-order valence-corrected chi connectivity index (χ0v) is 11.0. The van der Waals surface area contributed by atoms with Gasteiger partial charge in [0.15, 0.2) is 5.69 Å². The van der Waals surface area contributed by atoms with Crippen LogP contribution in [0.4, 0.5) is 11.4 Å². The highest BCUT2D eigenvalue weighted by atomic mass is 16.3. The van der Waals surface area contributed by atoms with Gasteiger partial charge in [0, 0.05) is 11.6 Å². The Balaban J connectivity index is 2.06. The highest BCUT2D eigenvalue weighted by Crippen LogP contribution is 2.36. The minimum absolute atomic E-state index is 0.0286. The van der Waals surface area contributed by atoms with Crippen LogP contribution >= 0.6 is 0 Å². The van der Waals surface area contributed by atoms with Gasteiger partial charge >= 0.3 is 0 Å². The molecule has 0 aliphatic carbocycles. The molecule has 3 rings (SSSR count). The number of aryl methyl sites for hydroxylation is 1. The molecule has 3 aromatic rings. The molecule has 0 radical (unpaired) electrons. The number of fused-ring (bicyclic) bond motifs is 1. The number of nitrogens with zero attached hydrogens (tertiary/aromatic N) is 3. The predicted molar refractivity (Wildman–Crippen MR) is 77.8 cm³/mol. The Labute approximate surface area is 116 Å². The van der Waals surface area contributed by atoms with Crippen molar-refractivity contribution >= 4 is 22.3 Å². The maximum absolute atomic E-state index is 9.95. The molecular formula is C15H14N4O. The summed E-state index contributed by atoms with van der Waals surface area (Å²) >= 11 is 0. The van der Waals surface area contributed by atoms with E-state index in [0.717, 1.165) is 17.3 Å². The first kappa shape index (κ1) is 12.3. The van der Waals surface area contributed by atoms with E-state index in [1.165, 1.54) is 5.56 Å². The lowest BCUT2D eigenvalue weighted by molar-refractivity contribution is 0.459. The number of hydrogen-bond acceptors (Lipinski definition) is 4. The monoisotopic (exact) mass is 266 g/mol. The van der Waals surface area contributed by atoms with E-state index in [-0.39, 0.29) is 5.88 Å². The maximum Gasteiger partial charge on any atom is 0.218 e. The topological polar surface area (TPSA) is 73.6 Å². The molecule has 5 heteroatoms. The standard InChI is InChI=1S/C15H14N4O/c1-2-10-5-6-13-12(8-10)14(15(20)17-13)19-18-11-4-3-7-16-9-11/h3-9,17,20H,2H2,1H3. The fraction of sp³-hybridized carbons (Fsp3) is 0.133. The largest absolute Gasteiger partial charge is 0.493 e. The number of rotatable bonds is 3. The molecular weight excluding hydrogens is 252 g/mol. The van der Waals surface area contributed by atoms with Crippen LogP contribution in [0.15, 0.2) is 53.0 Å². The fourth-order valence-electron chi connectivity index (χ4n) is 2.05. The summed E-state index contributed by atoms with van der Waals surface area (Å²) in [5, 5.41) is 19.1. The molecule has 1 aromatic carbocycles. The van der Waals surface area contributed by atoms with E-state index in [9.17, 15) is 5.11 Å². The van der Waals surface area contributed by atoms with Gasteiger partial charge in [-0.05, 0) is 36.2 Å². The average Bonchev–Trinajstić information content (AvgIpc) is 2.80. The van der Waals surface area contributed by atoms with E-state index in [0.29, 0.717) is 11.4 Å². The number of aromatic nitrogens is 2. The Kier molecular flexibility index (Phi) is 3.16. The molecule has 0 atom stereocenters. The van der Waals surface area contributed by atoms with Gasteiger partial charge in [-0.1, -0.05) is 13.0 Å². The highest BCUT2D eigenvalue weighted by molar-refractivity contribution is 5.94. The molecule has 0 saturated heterocycles. The first-order chi connectivity index (χ1) is 9.78. The Bertz CT molecular complexity index is 762. The quantitative estimate of drug-likeness (QED) is 0.695. The van der Waals surface area contributed by atoms with Gasteiger partial charge in [-0.3, -0.25) is 4.98 Å². The minimum atomic E-state index is 0.0286. The van der Waals surface area contributed by atoms with Crippen LogP contribution in [-0.4, -0.2) is 15.1 Å². The number of benzene rings is 1. The van der Waals surface area contributed by atoms with Gasteiger partial charge < -0.3 is 10.1 Å². The molecule has 0 unspecified atom stereocenters. The van der Waals surface area contributed by atoms with Crippen LogP contribution < -0.4 is 0 Å². The molecule has 100 valence electrons. The third-order valence-corrected chi connectivity index (χ3v) is 3.14. The van der Waals surface area contributed by atoms with E-state index in [2.05, 4.69) is 27.1 Å². The number of pyridine rings is 1. The Morgan fingerprint density at radius 1 is 1.25 bits per heavy atom. The smallest absolute Gasteiger partial charge is 0.218 e. The van der Waals surface area contributed by atoms with Crippen molar-refractivity contribution in [2.45, 2.75) is 13.3 Å². The number of nitrogens with one attached hydrogen (secondary N) is 1. The Hall–Kier alpha value is -2.69. The number of hydrogen-bond donors (Lipinski definition) is 2. The lowest BCUT2D eigenvalue weighted by Gasteiger charge is -1.97. The van der Waals surface area contributed by atoms with Crippen molar-refractivity contribution in [1.29, 1.82) is 0 Å². The number of azo groups is 1. The first-order valence-corrected chi connectivity index (χ1v) is 6.43. The summed E-state index contributed by atoms with van der Waals surface area (Å²) in [6.07, 6.45) is 4.23. The summed E-state index contributed by atoms with van der Waals surface area (Å²) in [6, 6.07) is 9.58. The Morgan fingerprint density at radius 3 is 2.90 bits per heavy atom. The number of H-pyrrole nitrogens is 1. The third-order valence-electron chi connectivity index (χ3n) is 3.14. The second-order valence-corrected chi connectivity index (χ2v) is 4.47. The molecule has 0 fully saturated rings. The molecule has 2 aromatic heterocycles. The van der Waals surface area contributed by atoms with E-state index < -0.39 is 0 Å². The van der Waals surface area contributed by atoms with Crippen molar-refractivity contribution in [3.05, 3.63) is 48.3 Å². The van der Waals surface area contributed by atoms with Gasteiger partial charge in [0.2, 0.25) is 5.88 Å². The van der Waals surface area contributed by atoms with E-state index in [1.54, 1.807) is 24.5 Å². The van der Waals surface area contributed by atoms with E-state index in [4.69, 9.17) is 0 Å². The fourth-order valence-corrected chi connectivity index (χ4v) is 2.05. The van der Waals surface area contributed by atoms with Crippen LogP contribution in [0.25, 0.3) is 10.9 Å². The maximum atomic E-state index is 9.95. The third kappa shape index (κ3) is 2.25. The second kappa shape index (κ2) is 5.13. The number of aromatic hydroxyl groups is 1. The van der Waals surface area contributed by atoms with Gasteiger partial charge in [-0.2, -0.15) is 0 Å². The van der Waals surface area contributed by atoms with Crippen molar-refractivity contribution < 1.29 is 5.11 Å². The Morgan fingerprint density at radius 2 is 2.15 bits per heavy atom. The van der Waals surface area contributed by atoms with Crippen LogP contribution in [0, 0.1) is 0 Å². The molecule has 0 bridgehead atoms. The lowest BCUT2D eigenvalue weighted by Crippen LogP contribution is -1.78. The second-order valence-electron chi connectivity index (χ2n) is 4.47. The van der Waals surface area contributed by atoms with E-state index in [1.807, 2.05) is 18.2 Å². The summed E-state index contributed by atoms with van der Waals surface area (Å²) in [5.41, 5.74) is 3.14. The molecule has 0 saturated carbocycles. The van der Waals surface area contributed by atoms with Gasteiger partial charge in [0.25, 0.3) is 0 Å². The zero-order valence-electron chi connectivity index (χ0n) is 11.0. The van der Waals surface area contributed by atoms with Crippen LogP contribution in [0.5, 0.6) is 5.88 Å². The summed E-state index contributed by atoms with van der Waals surface area (Å²) in [5.74, 6) is 0.0286. The SMILES string of the molecule is CCc1ccc2[nH]c(O)c(N=Nc3cccnc3)c2c1. The summed E-state index contributed by atoms with van der Waals surface area (Å²) < 4.78 is 0. The summed E-state index contributed by atoms with van der Waals surface area (Å²) in [4.78, 5) is 6.87. The molecule has 0 aliphatic rings. The first-order valence-electron chi connectivity index (χ1n) is 6.43. The van der Waals surface area contributed by atoms with Gasteiger partial charge in [-0.15, -0.1) is 10.2 Å². The van der Waals surface area contributed by atoms with Crippen molar-refractivity contribution in [3.63, 3.8) is 0 Å². The molecule has 2 N–H and O–H groups in total. The lowest BCUT2D eigenvalue weighted by atomic mass is 10.1. The molecule has 20 heavy (non-hydrogen) atoms. The van der Waals surface area contributed by atoms with Crippen LogP contribution in [-0.2, 0) is 6.42 Å². The normalized spacial score (nSPS) is 11.4. The van der Waals surface area contributed by atoms with Crippen molar-refractivity contribution in [3.8, 4) is 5.88 Å². The van der Waals surface area contributed by atoms with Crippen LogP contribution in [0.1, 0.15) is 12.5 Å². The highest BCUT2D eigenvalue weighted by Gasteiger charge is 2.10. The zero-order chi connectivity index (χ0) is 13.9. The predicted octanol–water partition coefficient (Wildman–Crippen LogP) is 4.25. The summed E-state index contributed by atoms with van der Waals surface area (Å²) in [7, 11) is 0. The van der Waals surface area contributed by atoms with Gasteiger partial charge in [-0.25, -0.2) is 0 Å². The average molecular weight is 266 g/mol. The van der Waals surface area contributed by atoms with Crippen molar-refractivity contribution in [1.82, 2.24) is 9.97 Å². The minimum Gasteiger partial charge on any atom is -0.493 e.